The van der Waals surface area contributed by atoms with Crippen molar-refractivity contribution in [3.05, 3.63) is 48.0 Å². The van der Waals surface area contributed by atoms with Crippen LogP contribution in [0.2, 0.25) is 0 Å². The van der Waals surface area contributed by atoms with Gasteiger partial charge < -0.3 is 15.5 Å². The molecule has 2 aromatic rings. The first-order chi connectivity index (χ1) is 9.80. The molecule has 2 aromatic carbocycles. The lowest BCUT2D eigenvalue weighted by Gasteiger charge is -2.10. The molecule has 0 aliphatic carbocycles. The molecule has 2 rings (SSSR count). The van der Waals surface area contributed by atoms with Gasteiger partial charge in [-0.05, 0) is 24.3 Å². The molecule has 0 radical (unpaired) electrons. The Morgan fingerprint density at radius 1 is 1.00 bits per heavy atom. The average Bonchev–Trinajstić information content (AvgIpc) is 2.37. The number of rotatable bonds is 3. The molecule has 0 aromatic heterocycles. The van der Waals surface area contributed by atoms with E-state index in [4.69, 9.17) is 0 Å². The second-order valence-corrected chi connectivity index (χ2v) is 5.37. The van der Waals surface area contributed by atoms with Crippen molar-refractivity contribution in [1.82, 2.24) is 0 Å². The van der Waals surface area contributed by atoms with E-state index in [2.05, 4.69) is 5.32 Å². The highest BCUT2D eigenvalue weighted by Gasteiger charge is 2.21. The van der Waals surface area contributed by atoms with Gasteiger partial charge in [0.25, 0.3) is 5.91 Å². The Morgan fingerprint density at radius 3 is 2.14 bits per heavy atom. The highest BCUT2D eigenvalue weighted by molar-refractivity contribution is 7.86. The maximum absolute atomic E-state index is 13.1. The standard InChI is InChI=1S/C13H10FNO5S/c14-21(19,20)11-7-2-1-4-8(11)15-13(18)12-9(16)5-3-6-10(12)17/h1-7,16-17H,(H,15,18). The second-order valence-electron chi connectivity index (χ2n) is 4.06. The van der Waals surface area contributed by atoms with Crippen LogP contribution in [0.25, 0.3) is 0 Å². The minimum atomic E-state index is -5.02. The minimum absolute atomic E-state index is 0.298. The Balaban J connectivity index is 2.42. The van der Waals surface area contributed by atoms with E-state index in [1.807, 2.05) is 0 Å². The van der Waals surface area contributed by atoms with Crippen LogP contribution in [0.1, 0.15) is 10.4 Å². The van der Waals surface area contributed by atoms with Gasteiger partial charge in [-0.15, -0.1) is 3.89 Å². The smallest absolute Gasteiger partial charge is 0.334 e. The number of phenols is 2. The highest BCUT2D eigenvalue weighted by atomic mass is 32.3. The molecule has 110 valence electrons. The molecule has 0 aliphatic heterocycles. The first-order valence-electron chi connectivity index (χ1n) is 5.66. The number of hydrogen-bond acceptors (Lipinski definition) is 5. The van der Waals surface area contributed by atoms with Crippen LogP contribution in [0.15, 0.2) is 47.4 Å². The molecule has 0 saturated carbocycles. The van der Waals surface area contributed by atoms with Crippen molar-refractivity contribution in [2.45, 2.75) is 4.90 Å². The Hall–Kier alpha value is -2.61. The summed E-state index contributed by atoms with van der Waals surface area (Å²) >= 11 is 0. The number of phenolic OH excluding ortho intramolecular Hbond substituents is 2. The lowest BCUT2D eigenvalue weighted by Crippen LogP contribution is -2.14. The van der Waals surface area contributed by atoms with Crippen LogP contribution in [0.3, 0.4) is 0 Å². The average molecular weight is 311 g/mol. The van der Waals surface area contributed by atoms with E-state index in [0.29, 0.717) is 0 Å². The van der Waals surface area contributed by atoms with E-state index >= 15 is 0 Å². The second kappa shape index (κ2) is 5.41. The number of aromatic hydroxyl groups is 2. The number of halogens is 1. The van der Waals surface area contributed by atoms with Crippen LogP contribution in [0.4, 0.5) is 9.57 Å². The number of amides is 1. The van der Waals surface area contributed by atoms with E-state index in [1.54, 1.807) is 0 Å². The Labute approximate surface area is 119 Å². The fraction of sp³-hybridized carbons (Fsp3) is 0. The molecule has 0 fully saturated rings. The van der Waals surface area contributed by atoms with E-state index < -0.39 is 38.1 Å². The highest BCUT2D eigenvalue weighted by Crippen LogP contribution is 2.29. The van der Waals surface area contributed by atoms with Gasteiger partial charge in [0.15, 0.2) is 0 Å². The van der Waals surface area contributed by atoms with Gasteiger partial charge in [0.1, 0.15) is 22.0 Å². The molecule has 0 unspecified atom stereocenters. The summed E-state index contributed by atoms with van der Waals surface area (Å²) in [5, 5.41) is 21.2. The molecule has 0 saturated heterocycles. The third-order valence-electron chi connectivity index (χ3n) is 2.65. The Bertz CT molecular complexity index is 784. The van der Waals surface area contributed by atoms with Crippen LogP contribution in [-0.4, -0.2) is 24.5 Å². The number of para-hydroxylation sites is 1. The van der Waals surface area contributed by atoms with Gasteiger partial charge in [0.05, 0.1) is 5.69 Å². The zero-order chi connectivity index (χ0) is 15.6. The molecule has 0 bridgehead atoms. The molecule has 0 atom stereocenters. The monoisotopic (exact) mass is 311 g/mol. The van der Waals surface area contributed by atoms with Crippen LogP contribution in [0, 0.1) is 0 Å². The first kappa shape index (κ1) is 14.8. The minimum Gasteiger partial charge on any atom is -0.507 e. The number of carbonyl (C=O) groups excluding carboxylic acids is 1. The van der Waals surface area contributed by atoms with Crippen molar-refractivity contribution in [2.75, 3.05) is 5.32 Å². The molecule has 0 aliphatic rings. The summed E-state index contributed by atoms with van der Waals surface area (Å²) in [5.41, 5.74) is -0.740. The maximum Gasteiger partial charge on any atom is 0.334 e. The molecule has 0 heterocycles. The van der Waals surface area contributed by atoms with Crippen molar-refractivity contribution in [3.8, 4) is 11.5 Å². The number of anilines is 1. The molecule has 0 spiro atoms. The van der Waals surface area contributed by atoms with Gasteiger partial charge in [-0.25, -0.2) is 0 Å². The molecule has 1 amide bonds. The number of benzene rings is 2. The van der Waals surface area contributed by atoms with E-state index in [9.17, 15) is 27.3 Å². The van der Waals surface area contributed by atoms with Crippen molar-refractivity contribution in [2.24, 2.45) is 0 Å². The van der Waals surface area contributed by atoms with Crippen molar-refractivity contribution < 1.29 is 27.3 Å². The van der Waals surface area contributed by atoms with E-state index in [1.165, 1.54) is 36.4 Å². The fourth-order valence-corrected chi connectivity index (χ4v) is 2.35. The van der Waals surface area contributed by atoms with Gasteiger partial charge in [-0.2, -0.15) is 8.42 Å². The van der Waals surface area contributed by atoms with Gasteiger partial charge in [0.2, 0.25) is 0 Å². The molecular formula is C13H10FNO5S. The van der Waals surface area contributed by atoms with Crippen LogP contribution >= 0.6 is 0 Å². The van der Waals surface area contributed by atoms with Crippen LogP contribution < -0.4 is 5.32 Å². The number of carbonyl (C=O) groups is 1. The quantitative estimate of drug-likeness (QED) is 0.752. The fourth-order valence-electron chi connectivity index (χ4n) is 1.73. The summed E-state index contributed by atoms with van der Waals surface area (Å²) in [4.78, 5) is 11.3. The van der Waals surface area contributed by atoms with Gasteiger partial charge in [0, 0.05) is 0 Å². The van der Waals surface area contributed by atoms with Crippen molar-refractivity contribution in [3.63, 3.8) is 0 Å². The third kappa shape index (κ3) is 3.11. The molecule has 8 heteroatoms. The predicted molar refractivity (Wildman–Crippen MR) is 72.5 cm³/mol. The summed E-state index contributed by atoms with van der Waals surface area (Å²) in [6.45, 7) is 0. The first-order valence-corrected chi connectivity index (χ1v) is 7.05. The lowest BCUT2D eigenvalue weighted by atomic mass is 10.1. The predicted octanol–water partition coefficient (Wildman–Crippen LogP) is 2.01. The van der Waals surface area contributed by atoms with Gasteiger partial charge in [-0.1, -0.05) is 18.2 Å². The SMILES string of the molecule is O=C(Nc1ccccc1S(=O)(=O)F)c1c(O)cccc1O. The zero-order valence-corrected chi connectivity index (χ0v) is 11.3. The lowest BCUT2D eigenvalue weighted by molar-refractivity contribution is 0.102. The van der Waals surface area contributed by atoms with Crippen LogP contribution in [-0.2, 0) is 10.2 Å². The van der Waals surface area contributed by atoms with E-state index in [-0.39, 0.29) is 5.69 Å². The number of nitrogens with one attached hydrogen (secondary N) is 1. The third-order valence-corrected chi connectivity index (χ3v) is 3.53. The maximum atomic E-state index is 13.1. The van der Waals surface area contributed by atoms with Crippen molar-refractivity contribution in [1.29, 1.82) is 0 Å². The summed E-state index contributed by atoms with van der Waals surface area (Å²) in [6, 6.07) is 8.52. The largest absolute Gasteiger partial charge is 0.507 e. The number of hydrogen-bond donors (Lipinski definition) is 3. The summed E-state index contributed by atoms with van der Waals surface area (Å²) in [7, 11) is -5.02. The van der Waals surface area contributed by atoms with Gasteiger partial charge in [-0.3, -0.25) is 4.79 Å². The Kier molecular flexibility index (Phi) is 3.81. The molecule has 21 heavy (non-hydrogen) atoms. The van der Waals surface area contributed by atoms with Crippen LogP contribution in [0.5, 0.6) is 11.5 Å². The topological polar surface area (TPSA) is 104 Å². The van der Waals surface area contributed by atoms with Crippen molar-refractivity contribution >= 4 is 21.8 Å². The molecular weight excluding hydrogens is 301 g/mol. The summed E-state index contributed by atoms with van der Waals surface area (Å²) < 4.78 is 35.1. The van der Waals surface area contributed by atoms with E-state index in [0.717, 1.165) is 6.07 Å². The summed E-state index contributed by atoms with van der Waals surface area (Å²) in [5.74, 6) is -1.96. The Morgan fingerprint density at radius 2 is 1.57 bits per heavy atom. The zero-order valence-electron chi connectivity index (χ0n) is 10.4. The normalized spacial score (nSPS) is 11.1. The summed E-state index contributed by atoms with van der Waals surface area (Å²) in [6.07, 6.45) is 0. The molecule has 3 N–H and O–H groups in total. The molecule has 6 nitrogen and oxygen atoms in total. The van der Waals surface area contributed by atoms with Gasteiger partial charge >= 0.3 is 10.2 Å².